The number of sulfonamides is 1. The fourth-order valence-corrected chi connectivity index (χ4v) is 6.44. The van der Waals surface area contributed by atoms with E-state index in [4.69, 9.17) is 23.2 Å². The van der Waals surface area contributed by atoms with Crippen molar-refractivity contribution in [2.45, 2.75) is 67.8 Å². The Balaban J connectivity index is 1.75. The number of amides is 2. The van der Waals surface area contributed by atoms with Crippen LogP contribution in [0.5, 0.6) is 0 Å². The minimum Gasteiger partial charge on any atom is -0.481 e. The maximum absolute atomic E-state index is 13.2. The van der Waals surface area contributed by atoms with E-state index in [0.717, 1.165) is 22.7 Å². The molecule has 3 rings (SSSR count). The summed E-state index contributed by atoms with van der Waals surface area (Å²) in [7, 11) is -3.72. The van der Waals surface area contributed by atoms with Gasteiger partial charge < -0.3 is 15.3 Å². The highest BCUT2D eigenvalue weighted by Gasteiger charge is 2.38. The number of likely N-dealkylation sites (tertiary alicyclic amines) is 1. The summed E-state index contributed by atoms with van der Waals surface area (Å²) >= 11 is 13.4. The van der Waals surface area contributed by atoms with Gasteiger partial charge >= 0.3 is 5.97 Å². The van der Waals surface area contributed by atoms with Crippen LogP contribution in [0.2, 0.25) is 10.0 Å². The molecule has 0 aliphatic carbocycles. The topological polar surface area (TPSA) is 194 Å². The predicted molar refractivity (Wildman–Crippen MR) is 149 cm³/mol. The van der Waals surface area contributed by atoms with Gasteiger partial charge in [0.25, 0.3) is 0 Å². The molecular weight excluding hydrogens is 621 g/mol. The number of aliphatic carboxylic acids is 1. The molecule has 2 amide bonds. The number of benzene rings is 1. The highest BCUT2D eigenvalue weighted by Crippen LogP contribution is 2.37. The van der Waals surface area contributed by atoms with Gasteiger partial charge in [-0.05, 0) is 60.0 Å². The second-order valence-corrected chi connectivity index (χ2v) is 13.2. The van der Waals surface area contributed by atoms with Crippen LogP contribution in [-0.2, 0) is 35.7 Å². The third kappa shape index (κ3) is 8.85. The first-order valence-electron chi connectivity index (χ1n) is 12.4. The number of ketones is 1. The van der Waals surface area contributed by atoms with Crippen molar-refractivity contribution in [1.29, 1.82) is 0 Å². The van der Waals surface area contributed by atoms with Gasteiger partial charge in [0.15, 0.2) is 5.78 Å². The van der Waals surface area contributed by atoms with E-state index in [1.165, 1.54) is 11.8 Å². The normalized spacial score (nSPS) is 19.3. The molecule has 1 aromatic heterocycles. The molecule has 0 spiro atoms. The standard InChI is InChI=1S/C23H29Cl2N7O7S2/c1-12-6-5-9-31(22(37)19(12)28-41(3,38)39)13(2)21(36)26-16(10-18(34)35)17(33)11-32-23(27-29-30-32)40-20-14(24)7-4-8-15(20)25/h4,7-8,12-13,16,19,28H,5-6,9-11H2,1-3H3,(H,26,36)(H,34,35)/t12-,13+,16?,19+/m1/s1. The van der Waals surface area contributed by atoms with E-state index >= 15 is 0 Å². The van der Waals surface area contributed by atoms with E-state index in [1.54, 1.807) is 25.1 Å². The van der Waals surface area contributed by atoms with E-state index in [1.807, 2.05) is 0 Å². The van der Waals surface area contributed by atoms with E-state index in [-0.39, 0.29) is 17.6 Å². The number of carbonyl (C=O) groups excluding carboxylic acids is 3. The minimum atomic E-state index is -3.72. The third-order valence-electron chi connectivity index (χ3n) is 6.37. The first-order valence-corrected chi connectivity index (χ1v) is 15.8. The Kier molecular flexibility index (Phi) is 11.1. The van der Waals surface area contributed by atoms with Crippen LogP contribution in [0.3, 0.4) is 0 Å². The van der Waals surface area contributed by atoms with E-state index in [2.05, 4.69) is 25.6 Å². The van der Waals surface area contributed by atoms with Gasteiger partial charge in [-0.15, -0.1) is 5.10 Å². The van der Waals surface area contributed by atoms with Crippen LogP contribution < -0.4 is 10.0 Å². The van der Waals surface area contributed by atoms with Crippen molar-refractivity contribution in [2.24, 2.45) is 5.92 Å². The van der Waals surface area contributed by atoms with Gasteiger partial charge in [-0.3, -0.25) is 19.2 Å². The van der Waals surface area contributed by atoms with E-state index in [0.29, 0.717) is 27.8 Å². The van der Waals surface area contributed by atoms with E-state index in [9.17, 15) is 32.7 Å². The molecule has 1 saturated heterocycles. The molecular formula is C23H29Cl2N7O7S2. The maximum Gasteiger partial charge on any atom is 0.305 e. The zero-order valence-electron chi connectivity index (χ0n) is 22.3. The van der Waals surface area contributed by atoms with Gasteiger partial charge in [0.05, 0.1) is 33.7 Å². The Labute approximate surface area is 250 Å². The van der Waals surface area contributed by atoms with Crippen molar-refractivity contribution in [3.8, 4) is 0 Å². The van der Waals surface area contributed by atoms with Crippen LogP contribution >= 0.6 is 35.0 Å². The number of nitrogens with one attached hydrogen (secondary N) is 2. The second-order valence-electron chi connectivity index (χ2n) is 9.59. The molecule has 0 saturated carbocycles. The van der Waals surface area contributed by atoms with Crippen LogP contribution in [0.4, 0.5) is 0 Å². The first kappa shape index (κ1) is 32.7. The summed E-state index contributed by atoms with van der Waals surface area (Å²) in [4.78, 5) is 52.8. The molecule has 3 N–H and O–H groups in total. The lowest BCUT2D eigenvalue weighted by molar-refractivity contribution is -0.143. The number of carboxylic acid groups (broad SMARTS) is 1. The molecule has 1 aliphatic heterocycles. The Morgan fingerprint density at radius 2 is 1.90 bits per heavy atom. The summed E-state index contributed by atoms with van der Waals surface area (Å²) in [6.07, 6.45) is 1.26. The zero-order chi connectivity index (χ0) is 30.5. The van der Waals surface area contributed by atoms with Crippen LogP contribution in [0.15, 0.2) is 28.3 Å². The van der Waals surface area contributed by atoms with Gasteiger partial charge in [0.1, 0.15) is 18.6 Å². The second kappa shape index (κ2) is 13.9. The number of Topliss-reactive ketones (excluding diaryl/α,β-unsaturated/α-hetero) is 1. The SMILES string of the molecule is C[C@@H]1CCCN([C@@H](C)C(=O)NC(CC(=O)O)C(=O)Cn2nnnc2Sc2c(Cl)cccc2Cl)C(=O)[C@H]1NS(C)(=O)=O. The molecule has 0 radical (unpaired) electrons. The molecule has 4 atom stereocenters. The van der Waals surface area contributed by atoms with Gasteiger partial charge in [0, 0.05) is 6.54 Å². The molecule has 14 nitrogen and oxygen atoms in total. The minimum absolute atomic E-state index is 0.149. The monoisotopic (exact) mass is 649 g/mol. The van der Waals surface area contributed by atoms with Crippen molar-refractivity contribution >= 4 is 68.6 Å². The number of carboxylic acids is 1. The lowest BCUT2D eigenvalue weighted by Crippen LogP contribution is -2.57. The summed E-state index contributed by atoms with van der Waals surface area (Å²) in [6.45, 7) is 2.85. The number of tetrazole rings is 1. The van der Waals surface area contributed by atoms with Crippen LogP contribution in [0.1, 0.15) is 33.1 Å². The summed E-state index contributed by atoms with van der Waals surface area (Å²) in [5.41, 5.74) is 0. The van der Waals surface area contributed by atoms with Crippen molar-refractivity contribution < 1.29 is 32.7 Å². The first-order chi connectivity index (χ1) is 19.2. The summed E-state index contributed by atoms with van der Waals surface area (Å²) < 4.78 is 27.1. The average molecular weight is 651 g/mol. The number of carbonyl (C=O) groups is 4. The molecule has 1 unspecified atom stereocenters. The Morgan fingerprint density at radius 1 is 1.24 bits per heavy atom. The predicted octanol–water partition coefficient (Wildman–Crippen LogP) is 1.22. The molecule has 18 heteroatoms. The fraction of sp³-hybridized carbons (Fsp3) is 0.522. The molecule has 0 bridgehead atoms. The van der Waals surface area contributed by atoms with Crippen molar-refractivity contribution in [3.63, 3.8) is 0 Å². The summed E-state index contributed by atoms with van der Waals surface area (Å²) in [5.74, 6) is -3.73. The molecule has 1 aromatic carbocycles. The van der Waals surface area contributed by atoms with Gasteiger partial charge in [-0.2, -0.15) is 0 Å². The molecule has 41 heavy (non-hydrogen) atoms. The summed E-state index contributed by atoms with van der Waals surface area (Å²) in [6, 6.07) is 1.22. The Morgan fingerprint density at radius 3 is 2.51 bits per heavy atom. The van der Waals surface area contributed by atoms with Crippen LogP contribution in [0, 0.1) is 5.92 Å². The van der Waals surface area contributed by atoms with E-state index < -0.39 is 64.7 Å². The van der Waals surface area contributed by atoms with Gasteiger partial charge in [-0.1, -0.05) is 36.2 Å². The third-order valence-corrected chi connectivity index (χ3v) is 9.02. The number of nitrogens with zero attached hydrogens (tertiary/aromatic N) is 5. The lowest BCUT2D eigenvalue weighted by Gasteiger charge is -2.31. The van der Waals surface area contributed by atoms with Crippen molar-refractivity contribution in [3.05, 3.63) is 28.2 Å². The highest BCUT2D eigenvalue weighted by atomic mass is 35.5. The zero-order valence-corrected chi connectivity index (χ0v) is 25.4. The highest BCUT2D eigenvalue weighted by molar-refractivity contribution is 7.99. The molecule has 1 fully saturated rings. The molecule has 2 aromatic rings. The van der Waals surface area contributed by atoms with Crippen molar-refractivity contribution in [2.75, 3.05) is 12.8 Å². The number of hydrogen-bond donors (Lipinski definition) is 3. The molecule has 2 heterocycles. The van der Waals surface area contributed by atoms with Gasteiger partial charge in [0.2, 0.25) is 27.0 Å². The Bertz CT molecular complexity index is 1400. The largest absolute Gasteiger partial charge is 0.481 e. The Hall–Kier alpha value is -2.79. The van der Waals surface area contributed by atoms with Crippen LogP contribution in [0.25, 0.3) is 0 Å². The molecule has 1 aliphatic rings. The number of halogens is 2. The fourth-order valence-electron chi connectivity index (χ4n) is 4.22. The van der Waals surface area contributed by atoms with Crippen LogP contribution in [-0.4, -0.2) is 93.1 Å². The molecule has 224 valence electrons. The van der Waals surface area contributed by atoms with Gasteiger partial charge in [-0.25, -0.2) is 17.8 Å². The summed E-state index contributed by atoms with van der Waals surface area (Å²) in [5, 5.41) is 23.9. The van der Waals surface area contributed by atoms with Crippen molar-refractivity contribution in [1.82, 2.24) is 35.1 Å². The number of hydrogen-bond acceptors (Lipinski definition) is 10. The quantitative estimate of drug-likeness (QED) is 0.299. The average Bonchev–Trinajstić information content (AvgIpc) is 3.26. The number of rotatable bonds is 12. The maximum atomic E-state index is 13.2. The lowest BCUT2D eigenvalue weighted by atomic mass is 9.98. The smallest absolute Gasteiger partial charge is 0.305 e. The number of aromatic nitrogens is 4.